The number of aromatic nitrogens is 2. The molecule has 9 heteroatoms. The second kappa shape index (κ2) is 8.95. The first kappa shape index (κ1) is 18.6. The van der Waals surface area contributed by atoms with Gasteiger partial charge in [0.25, 0.3) is 0 Å². The number of alkyl halides is 3. The van der Waals surface area contributed by atoms with Crippen LogP contribution in [-0.2, 0) is 13.1 Å². The number of para-hydroxylation sites is 1. The molecular formula is C16H20F3N5O. The minimum absolute atomic E-state index is 0.160. The molecule has 0 radical (unpaired) electrons. The largest absolute Gasteiger partial charge is 0.573 e. The van der Waals surface area contributed by atoms with Gasteiger partial charge in [0.05, 0.1) is 6.33 Å². The fourth-order valence-electron chi connectivity index (χ4n) is 2.16. The maximum Gasteiger partial charge on any atom is 0.573 e. The molecule has 2 rings (SSSR count). The quantitative estimate of drug-likeness (QED) is 0.455. The summed E-state index contributed by atoms with van der Waals surface area (Å²) < 4.78 is 43.3. The van der Waals surface area contributed by atoms with Crippen LogP contribution in [0, 0.1) is 0 Å². The van der Waals surface area contributed by atoms with Crippen molar-refractivity contribution in [2.24, 2.45) is 4.99 Å². The van der Waals surface area contributed by atoms with Crippen molar-refractivity contribution in [2.75, 3.05) is 13.6 Å². The lowest BCUT2D eigenvalue weighted by Crippen LogP contribution is -2.37. The average molecular weight is 355 g/mol. The Balaban J connectivity index is 1.80. The molecule has 0 aliphatic heterocycles. The lowest BCUT2D eigenvalue weighted by Gasteiger charge is -2.15. The van der Waals surface area contributed by atoms with Gasteiger partial charge in [-0.05, 0) is 12.5 Å². The van der Waals surface area contributed by atoms with Gasteiger partial charge in [-0.15, -0.1) is 13.2 Å². The third kappa shape index (κ3) is 6.74. The van der Waals surface area contributed by atoms with E-state index in [1.54, 1.807) is 31.7 Å². The van der Waals surface area contributed by atoms with Crippen molar-refractivity contribution in [1.82, 2.24) is 20.2 Å². The average Bonchev–Trinajstić information content (AvgIpc) is 3.07. The van der Waals surface area contributed by atoms with Gasteiger partial charge >= 0.3 is 6.36 Å². The van der Waals surface area contributed by atoms with Crippen molar-refractivity contribution in [3.05, 3.63) is 48.5 Å². The highest BCUT2D eigenvalue weighted by molar-refractivity contribution is 5.79. The number of ether oxygens (including phenoxy) is 1. The third-order valence-corrected chi connectivity index (χ3v) is 3.31. The van der Waals surface area contributed by atoms with Crippen LogP contribution in [0.15, 0.2) is 48.0 Å². The van der Waals surface area contributed by atoms with Gasteiger partial charge in [0.15, 0.2) is 5.96 Å². The van der Waals surface area contributed by atoms with Crippen LogP contribution in [0.25, 0.3) is 0 Å². The minimum atomic E-state index is -4.72. The molecule has 0 aliphatic carbocycles. The van der Waals surface area contributed by atoms with E-state index in [0.29, 0.717) is 18.1 Å². The van der Waals surface area contributed by atoms with E-state index < -0.39 is 6.36 Å². The summed E-state index contributed by atoms with van der Waals surface area (Å²) in [4.78, 5) is 8.02. The van der Waals surface area contributed by atoms with Gasteiger partial charge < -0.3 is 19.9 Å². The highest BCUT2D eigenvalue weighted by Gasteiger charge is 2.31. The number of aryl methyl sites for hydroxylation is 1. The molecular weight excluding hydrogens is 335 g/mol. The number of hydrogen-bond acceptors (Lipinski definition) is 3. The molecule has 0 bridgehead atoms. The Kier molecular flexibility index (Phi) is 6.67. The smallest absolute Gasteiger partial charge is 0.405 e. The first-order chi connectivity index (χ1) is 12.0. The molecule has 0 fully saturated rings. The van der Waals surface area contributed by atoms with Crippen LogP contribution in [0.3, 0.4) is 0 Å². The predicted molar refractivity (Wildman–Crippen MR) is 88.2 cm³/mol. The number of rotatable bonds is 7. The molecule has 0 aliphatic rings. The van der Waals surface area contributed by atoms with Crippen LogP contribution >= 0.6 is 0 Å². The van der Waals surface area contributed by atoms with E-state index in [0.717, 1.165) is 13.0 Å². The van der Waals surface area contributed by atoms with Gasteiger partial charge in [0.2, 0.25) is 0 Å². The fraction of sp³-hybridized carbons (Fsp3) is 0.375. The maximum absolute atomic E-state index is 12.4. The molecule has 0 atom stereocenters. The second-order valence-corrected chi connectivity index (χ2v) is 5.16. The zero-order valence-corrected chi connectivity index (χ0v) is 13.8. The lowest BCUT2D eigenvalue weighted by molar-refractivity contribution is -0.274. The molecule has 1 heterocycles. The van der Waals surface area contributed by atoms with Crippen LogP contribution < -0.4 is 15.4 Å². The highest BCUT2D eigenvalue weighted by atomic mass is 19.4. The van der Waals surface area contributed by atoms with Gasteiger partial charge in [0.1, 0.15) is 5.75 Å². The third-order valence-electron chi connectivity index (χ3n) is 3.31. The number of nitrogens with zero attached hydrogens (tertiary/aromatic N) is 3. The summed E-state index contributed by atoms with van der Waals surface area (Å²) in [7, 11) is 1.60. The summed E-state index contributed by atoms with van der Waals surface area (Å²) in [5, 5.41) is 6.09. The summed E-state index contributed by atoms with van der Waals surface area (Å²) in [6, 6.07) is 6.00. The Bertz CT molecular complexity index is 671. The van der Waals surface area contributed by atoms with Gasteiger partial charge in [-0.25, -0.2) is 4.98 Å². The Morgan fingerprint density at radius 3 is 2.76 bits per heavy atom. The topological polar surface area (TPSA) is 63.5 Å². The monoisotopic (exact) mass is 355 g/mol. The Morgan fingerprint density at radius 1 is 1.28 bits per heavy atom. The molecule has 0 saturated carbocycles. The number of hydrogen-bond donors (Lipinski definition) is 2. The maximum atomic E-state index is 12.4. The van der Waals surface area contributed by atoms with E-state index in [-0.39, 0.29) is 12.3 Å². The molecule has 2 aromatic rings. The van der Waals surface area contributed by atoms with Crippen LogP contribution in [0.2, 0.25) is 0 Å². The Hall–Kier alpha value is -2.71. The molecule has 0 unspecified atom stereocenters. The van der Waals surface area contributed by atoms with E-state index in [4.69, 9.17) is 0 Å². The molecule has 136 valence electrons. The van der Waals surface area contributed by atoms with E-state index >= 15 is 0 Å². The number of imidazole rings is 1. The van der Waals surface area contributed by atoms with Crippen LogP contribution in [0.1, 0.15) is 12.0 Å². The first-order valence-electron chi connectivity index (χ1n) is 7.72. The molecule has 6 nitrogen and oxygen atoms in total. The predicted octanol–water partition coefficient (Wildman–Crippen LogP) is 2.54. The van der Waals surface area contributed by atoms with Gasteiger partial charge in [-0.3, -0.25) is 4.99 Å². The van der Waals surface area contributed by atoms with Crippen molar-refractivity contribution >= 4 is 5.96 Å². The SMILES string of the molecule is CN=C(NCCCn1ccnc1)NCc1ccccc1OC(F)(F)F. The summed E-state index contributed by atoms with van der Waals surface area (Å²) in [5.74, 6) is 0.283. The molecule has 0 saturated heterocycles. The number of halogens is 3. The number of guanidine groups is 1. The second-order valence-electron chi connectivity index (χ2n) is 5.16. The van der Waals surface area contributed by atoms with E-state index in [1.807, 2.05) is 10.8 Å². The number of aliphatic imine (C=N–C) groups is 1. The molecule has 0 amide bonds. The molecule has 25 heavy (non-hydrogen) atoms. The first-order valence-corrected chi connectivity index (χ1v) is 7.72. The molecule has 1 aromatic carbocycles. The zero-order chi connectivity index (χ0) is 18.1. The van der Waals surface area contributed by atoms with Gasteiger partial charge in [0, 0.05) is 44.6 Å². The van der Waals surface area contributed by atoms with Gasteiger partial charge in [-0.1, -0.05) is 18.2 Å². The van der Waals surface area contributed by atoms with Crippen molar-refractivity contribution in [3.8, 4) is 5.75 Å². The van der Waals surface area contributed by atoms with Gasteiger partial charge in [-0.2, -0.15) is 0 Å². The Labute approximate surface area is 143 Å². The summed E-state index contributed by atoms with van der Waals surface area (Å²) >= 11 is 0. The van der Waals surface area contributed by atoms with E-state index in [9.17, 15) is 13.2 Å². The van der Waals surface area contributed by atoms with E-state index in [2.05, 4.69) is 25.3 Å². The molecule has 1 aromatic heterocycles. The lowest BCUT2D eigenvalue weighted by atomic mass is 10.2. The zero-order valence-electron chi connectivity index (χ0n) is 13.8. The number of nitrogens with one attached hydrogen (secondary N) is 2. The molecule has 0 spiro atoms. The van der Waals surface area contributed by atoms with E-state index in [1.165, 1.54) is 12.1 Å². The van der Waals surface area contributed by atoms with Crippen LogP contribution in [0.4, 0.5) is 13.2 Å². The van der Waals surface area contributed by atoms with Crippen molar-refractivity contribution in [1.29, 1.82) is 0 Å². The minimum Gasteiger partial charge on any atom is -0.405 e. The van der Waals surface area contributed by atoms with Crippen molar-refractivity contribution < 1.29 is 17.9 Å². The Morgan fingerprint density at radius 2 is 2.08 bits per heavy atom. The van der Waals surface area contributed by atoms with Crippen molar-refractivity contribution in [3.63, 3.8) is 0 Å². The normalized spacial score (nSPS) is 12.1. The number of benzene rings is 1. The molecule has 2 N–H and O–H groups in total. The summed E-state index contributed by atoms with van der Waals surface area (Å²) in [6.45, 7) is 1.64. The van der Waals surface area contributed by atoms with Crippen LogP contribution in [-0.4, -0.2) is 35.5 Å². The fourth-order valence-corrected chi connectivity index (χ4v) is 2.16. The standard InChI is InChI=1S/C16H20F3N5O/c1-20-15(22-7-4-9-24-10-8-21-12-24)23-11-13-5-2-3-6-14(13)25-16(17,18)19/h2-3,5-6,8,10,12H,4,7,9,11H2,1H3,(H2,20,22,23). The van der Waals surface area contributed by atoms with Crippen molar-refractivity contribution in [2.45, 2.75) is 25.9 Å². The highest BCUT2D eigenvalue weighted by Crippen LogP contribution is 2.25. The summed E-state index contributed by atoms with van der Waals surface area (Å²) in [6.07, 6.45) is 1.47. The van der Waals surface area contributed by atoms with Crippen LogP contribution in [0.5, 0.6) is 5.75 Å². The summed E-state index contributed by atoms with van der Waals surface area (Å²) in [5.41, 5.74) is 0.390.